The quantitative estimate of drug-likeness (QED) is 0.674. The highest BCUT2D eigenvalue weighted by atomic mass is 35.6. The predicted octanol–water partition coefficient (Wildman–Crippen LogP) is 2.52. The van der Waals surface area contributed by atoms with E-state index in [-0.39, 0.29) is 11.3 Å². The van der Waals surface area contributed by atoms with Gasteiger partial charge in [-0.1, -0.05) is 40.9 Å². The highest BCUT2D eigenvalue weighted by molar-refractivity contribution is 7.92. The Hall–Kier alpha value is -0.490. The normalized spacial score (nSPS) is 13.9. The minimum absolute atomic E-state index is 0.0127. The molecule has 0 radical (unpaired) electrons. The van der Waals surface area contributed by atoms with Crippen molar-refractivity contribution in [3.8, 4) is 0 Å². The minimum Gasteiger partial charge on any atom is -0.338 e. The molecule has 0 saturated carbocycles. The molecule has 106 valence electrons. The molecule has 0 unspecified atom stereocenters. The monoisotopic (exact) mass is 343 g/mol. The van der Waals surface area contributed by atoms with Crippen molar-refractivity contribution in [3.05, 3.63) is 29.3 Å². The van der Waals surface area contributed by atoms with Crippen LogP contribution in [0.5, 0.6) is 0 Å². The minimum atomic E-state index is -4.00. The molecule has 0 aromatic heterocycles. The van der Waals surface area contributed by atoms with Crippen LogP contribution in [0.1, 0.15) is 11.1 Å². The van der Waals surface area contributed by atoms with E-state index in [0.29, 0.717) is 0 Å². The predicted molar refractivity (Wildman–Crippen MR) is 76.4 cm³/mol. The van der Waals surface area contributed by atoms with Crippen molar-refractivity contribution >= 4 is 51.1 Å². The van der Waals surface area contributed by atoms with Crippen molar-refractivity contribution < 1.29 is 13.2 Å². The van der Waals surface area contributed by atoms with Gasteiger partial charge in [0.2, 0.25) is 20.0 Å². The third-order valence-electron chi connectivity index (χ3n) is 2.63. The molecule has 0 saturated heterocycles. The molecule has 0 aliphatic carbocycles. The summed E-state index contributed by atoms with van der Waals surface area (Å²) in [5, 5.41) is 0.383. The number of sulfone groups is 1. The number of nitrogens with one attached hydrogen (secondary N) is 1. The molecule has 0 fully saturated rings. The van der Waals surface area contributed by atoms with Crippen LogP contribution in [0.4, 0.5) is 0 Å². The Bertz CT molecular complexity index is 581. The molecule has 0 heterocycles. The number of alkyl halides is 3. The van der Waals surface area contributed by atoms with Gasteiger partial charge in [-0.25, -0.2) is 8.42 Å². The number of hydrogen-bond donors (Lipinski definition) is 1. The average molecular weight is 345 g/mol. The summed E-state index contributed by atoms with van der Waals surface area (Å²) in [6.07, 6.45) is 0.186. The lowest BCUT2D eigenvalue weighted by molar-refractivity contribution is -0.109. The molecule has 19 heavy (non-hydrogen) atoms. The number of rotatable bonds is 4. The maximum absolute atomic E-state index is 12.4. The van der Waals surface area contributed by atoms with Crippen molar-refractivity contribution in [3.63, 3.8) is 0 Å². The lowest BCUT2D eigenvalue weighted by Crippen LogP contribution is -2.45. The third-order valence-corrected chi connectivity index (χ3v) is 5.70. The van der Waals surface area contributed by atoms with E-state index in [1.165, 1.54) is 12.1 Å². The number of aryl methyl sites for hydroxylation is 2. The van der Waals surface area contributed by atoms with Gasteiger partial charge in [-0.2, -0.15) is 0 Å². The first-order valence-corrected chi connectivity index (χ1v) is 7.86. The van der Waals surface area contributed by atoms with Crippen LogP contribution in [-0.4, -0.2) is 24.0 Å². The van der Waals surface area contributed by atoms with E-state index in [1.54, 1.807) is 13.0 Å². The van der Waals surface area contributed by atoms with Gasteiger partial charge in [0.15, 0.2) is 5.37 Å². The lowest BCUT2D eigenvalue weighted by atomic mass is 10.1. The number of hydrogen-bond acceptors (Lipinski definition) is 3. The summed E-state index contributed by atoms with van der Waals surface area (Å²) in [6, 6.07) is 4.53. The van der Waals surface area contributed by atoms with E-state index in [2.05, 4.69) is 0 Å². The zero-order valence-electron chi connectivity index (χ0n) is 10.2. The zero-order valence-corrected chi connectivity index (χ0v) is 13.2. The Morgan fingerprint density at radius 2 is 1.79 bits per heavy atom. The van der Waals surface area contributed by atoms with Crippen molar-refractivity contribution in [2.75, 3.05) is 0 Å². The van der Waals surface area contributed by atoms with Gasteiger partial charge in [-0.15, -0.1) is 0 Å². The maximum Gasteiger partial charge on any atom is 0.225 e. The van der Waals surface area contributed by atoms with E-state index in [4.69, 9.17) is 34.8 Å². The van der Waals surface area contributed by atoms with Gasteiger partial charge in [0.05, 0.1) is 4.90 Å². The van der Waals surface area contributed by atoms with Crippen molar-refractivity contribution in [2.24, 2.45) is 0 Å². The standard InChI is InChI=1S/C11H12Cl3NO3S/c1-7-3-4-9(5-8(7)2)19(17,18)10(15-6-16)11(12,13)14/h3-6,10H,1-2H3,(H,15,16)/t10-/m0/s1. The first-order valence-electron chi connectivity index (χ1n) is 5.18. The van der Waals surface area contributed by atoms with Crippen LogP contribution in [0.2, 0.25) is 0 Å². The van der Waals surface area contributed by atoms with Crippen LogP contribution in [0.3, 0.4) is 0 Å². The van der Waals surface area contributed by atoms with E-state index in [1.807, 2.05) is 12.2 Å². The summed E-state index contributed by atoms with van der Waals surface area (Å²) in [5.74, 6) is 0. The highest BCUT2D eigenvalue weighted by Gasteiger charge is 2.43. The van der Waals surface area contributed by atoms with Crippen molar-refractivity contribution in [2.45, 2.75) is 27.9 Å². The molecular weight excluding hydrogens is 333 g/mol. The Balaban J connectivity index is 3.34. The van der Waals surface area contributed by atoms with Gasteiger partial charge in [0.25, 0.3) is 0 Å². The molecular formula is C11H12Cl3NO3S. The topological polar surface area (TPSA) is 63.2 Å². The molecule has 1 amide bonds. The van der Waals surface area contributed by atoms with Crippen LogP contribution in [0.25, 0.3) is 0 Å². The van der Waals surface area contributed by atoms with E-state index < -0.39 is 19.0 Å². The van der Waals surface area contributed by atoms with Crippen LogP contribution in [-0.2, 0) is 14.6 Å². The third kappa shape index (κ3) is 3.75. The molecule has 8 heteroatoms. The average Bonchev–Trinajstić information content (AvgIpc) is 2.27. The Labute approximate surface area is 127 Å². The molecule has 0 aliphatic heterocycles. The summed E-state index contributed by atoms with van der Waals surface area (Å²) in [4.78, 5) is 10.5. The lowest BCUT2D eigenvalue weighted by Gasteiger charge is -2.23. The first-order chi connectivity index (χ1) is 8.60. The molecule has 0 aliphatic rings. The molecule has 1 aromatic carbocycles. The highest BCUT2D eigenvalue weighted by Crippen LogP contribution is 2.35. The summed E-state index contributed by atoms with van der Waals surface area (Å²) < 4.78 is 22.5. The molecule has 0 bridgehead atoms. The summed E-state index contributed by atoms with van der Waals surface area (Å²) in [7, 11) is -4.00. The van der Waals surface area contributed by atoms with Gasteiger partial charge in [0.1, 0.15) is 0 Å². The van der Waals surface area contributed by atoms with Crippen LogP contribution >= 0.6 is 34.8 Å². The summed E-state index contributed by atoms with van der Waals surface area (Å²) in [5.41, 5.74) is 1.72. The molecule has 1 aromatic rings. The van der Waals surface area contributed by atoms with E-state index >= 15 is 0 Å². The van der Waals surface area contributed by atoms with Gasteiger partial charge >= 0.3 is 0 Å². The fraction of sp³-hybridized carbons (Fsp3) is 0.364. The largest absolute Gasteiger partial charge is 0.338 e. The summed E-state index contributed by atoms with van der Waals surface area (Å²) in [6.45, 7) is 3.62. The fourth-order valence-corrected chi connectivity index (χ4v) is 4.15. The summed E-state index contributed by atoms with van der Waals surface area (Å²) >= 11 is 16.8. The Morgan fingerprint density at radius 1 is 1.21 bits per heavy atom. The van der Waals surface area contributed by atoms with Gasteiger partial charge in [-0.05, 0) is 37.1 Å². The maximum atomic E-state index is 12.4. The van der Waals surface area contributed by atoms with E-state index in [9.17, 15) is 13.2 Å². The number of benzene rings is 1. The second-order valence-electron chi connectivity index (χ2n) is 4.00. The first kappa shape index (κ1) is 16.6. The number of halogens is 3. The zero-order chi connectivity index (χ0) is 14.8. The number of carbonyl (C=O) groups excluding carboxylic acids is 1. The number of amides is 1. The van der Waals surface area contributed by atoms with Crippen LogP contribution < -0.4 is 5.32 Å². The van der Waals surface area contributed by atoms with Crippen molar-refractivity contribution in [1.82, 2.24) is 5.32 Å². The molecule has 1 atom stereocenters. The van der Waals surface area contributed by atoms with Crippen LogP contribution in [0, 0.1) is 13.8 Å². The molecule has 1 N–H and O–H groups in total. The van der Waals surface area contributed by atoms with Crippen molar-refractivity contribution in [1.29, 1.82) is 0 Å². The fourth-order valence-electron chi connectivity index (χ4n) is 1.45. The van der Waals surface area contributed by atoms with Crippen LogP contribution in [0.15, 0.2) is 23.1 Å². The van der Waals surface area contributed by atoms with Gasteiger partial charge < -0.3 is 5.32 Å². The van der Waals surface area contributed by atoms with Gasteiger partial charge in [-0.3, -0.25) is 4.79 Å². The molecule has 0 spiro atoms. The smallest absolute Gasteiger partial charge is 0.225 e. The molecule has 4 nitrogen and oxygen atoms in total. The SMILES string of the molecule is Cc1ccc(S(=O)(=O)[C@H](NC=O)C(Cl)(Cl)Cl)cc1C. The van der Waals surface area contributed by atoms with Gasteiger partial charge in [0, 0.05) is 0 Å². The number of carbonyl (C=O) groups is 1. The van der Waals surface area contributed by atoms with E-state index in [0.717, 1.165) is 11.1 Å². The second-order valence-corrected chi connectivity index (χ2v) is 8.40. The Morgan fingerprint density at radius 3 is 2.21 bits per heavy atom. The molecule has 1 rings (SSSR count). The Kier molecular flexibility index (Phi) is 5.12. The second kappa shape index (κ2) is 5.87.